The van der Waals surface area contributed by atoms with Gasteiger partial charge in [0.15, 0.2) is 5.43 Å². The summed E-state index contributed by atoms with van der Waals surface area (Å²) in [7, 11) is 0. The highest BCUT2D eigenvalue weighted by Crippen LogP contribution is 2.24. The molecule has 2 heterocycles. The lowest BCUT2D eigenvalue weighted by molar-refractivity contribution is -0.121. The Hall–Kier alpha value is -2.44. The molecule has 0 saturated carbocycles. The van der Waals surface area contributed by atoms with Crippen molar-refractivity contribution >= 4 is 38.4 Å². The van der Waals surface area contributed by atoms with E-state index in [1.165, 1.54) is 0 Å². The molecule has 0 radical (unpaired) electrons. The Morgan fingerprint density at radius 1 is 1.11 bits per heavy atom. The highest BCUT2D eigenvalue weighted by atomic mass is 79.9. The van der Waals surface area contributed by atoms with Gasteiger partial charge in [-0.3, -0.25) is 14.5 Å². The van der Waals surface area contributed by atoms with Crippen LogP contribution in [-0.2, 0) is 11.5 Å². The number of hydrogen-bond acceptors (Lipinski definition) is 3. The maximum absolute atomic E-state index is 12.7. The molecule has 0 aliphatic carbocycles. The fraction of sp³-hybridized carbons (Fsp3) is 0.273. The zero-order chi connectivity index (χ0) is 19.5. The maximum Gasteiger partial charge on any atom is 0.228 e. The molecule has 1 N–H and O–H groups in total. The largest absolute Gasteiger partial charge is 0.333 e. The first kappa shape index (κ1) is 18.9. The standard InChI is InChI=1S/C22H22BrN3O2/c23-19-10-4-9-18-20(27)11-13-26(21(18)19)15-25-12-5-6-16(14-25)22(28)24-17-7-2-1-3-8-17/h1-4,7-11,13,16H,5-6,12,14-15H2,(H,24,28). The van der Waals surface area contributed by atoms with Crippen LogP contribution in [0.2, 0.25) is 0 Å². The van der Waals surface area contributed by atoms with Gasteiger partial charge in [-0.2, -0.15) is 0 Å². The van der Waals surface area contributed by atoms with Crippen LogP contribution in [0.3, 0.4) is 0 Å². The van der Waals surface area contributed by atoms with Crippen LogP contribution < -0.4 is 10.7 Å². The molecule has 144 valence electrons. The Balaban J connectivity index is 1.50. The number of pyridine rings is 1. The lowest BCUT2D eigenvalue weighted by Crippen LogP contribution is -2.41. The third-order valence-corrected chi connectivity index (χ3v) is 5.86. The average Bonchev–Trinajstić information content (AvgIpc) is 2.71. The van der Waals surface area contributed by atoms with Gasteiger partial charge in [-0.15, -0.1) is 0 Å². The molecule has 0 spiro atoms. The Bertz CT molecular complexity index is 1050. The van der Waals surface area contributed by atoms with Crippen LogP contribution in [0.5, 0.6) is 0 Å². The zero-order valence-electron chi connectivity index (χ0n) is 15.5. The van der Waals surface area contributed by atoms with Crippen molar-refractivity contribution in [3.63, 3.8) is 0 Å². The number of aromatic nitrogens is 1. The molecule has 4 rings (SSSR count). The summed E-state index contributed by atoms with van der Waals surface area (Å²) < 4.78 is 2.98. The van der Waals surface area contributed by atoms with Crippen molar-refractivity contribution in [1.29, 1.82) is 0 Å². The van der Waals surface area contributed by atoms with E-state index in [0.29, 0.717) is 18.6 Å². The highest BCUT2D eigenvalue weighted by Gasteiger charge is 2.26. The van der Waals surface area contributed by atoms with Crippen molar-refractivity contribution < 1.29 is 4.79 Å². The van der Waals surface area contributed by atoms with Crippen LogP contribution in [0, 0.1) is 5.92 Å². The number of para-hydroxylation sites is 2. The van der Waals surface area contributed by atoms with Gasteiger partial charge < -0.3 is 9.88 Å². The van der Waals surface area contributed by atoms with E-state index < -0.39 is 0 Å². The molecular weight excluding hydrogens is 418 g/mol. The summed E-state index contributed by atoms with van der Waals surface area (Å²) in [5.74, 6) is 0.0323. The molecule has 1 aliphatic heterocycles. The quantitative estimate of drug-likeness (QED) is 0.666. The number of hydrogen-bond donors (Lipinski definition) is 1. The number of anilines is 1. The number of nitrogens with one attached hydrogen (secondary N) is 1. The lowest BCUT2D eigenvalue weighted by Gasteiger charge is -2.33. The molecule has 28 heavy (non-hydrogen) atoms. The topological polar surface area (TPSA) is 54.3 Å². The molecule has 1 fully saturated rings. The summed E-state index contributed by atoms with van der Waals surface area (Å²) in [4.78, 5) is 27.2. The SMILES string of the molecule is O=C(Nc1ccccc1)C1CCCN(Cn2ccc(=O)c3cccc(Br)c32)C1. The molecule has 1 unspecified atom stereocenters. The van der Waals surface area contributed by atoms with Crippen LogP contribution in [0.25, 0.3) is 10.9 Å². The molecule has 1 saturated heterocycles. The van der Waals surface area contributed by atoms with E-state index >= 15 is 0 Å². The number of likely N-dealkylation sites (tertiary alicyclic amines) is 1. The summed E-state index contributed by atoms with van der Waals surface area (Å²) >= 11 is 3.58. The number of amides is 1. The fourth-order valence-corrected chi connectivity index (χ4v) is 4.42. The van der Waals surface area contributed by atoms with Gasteiger partial charge in [-0.1, -0.05) is 24.3 Å². The molecule has 0 bridgehead atoms. The second-order valence-corrected chi connectivity index (χ2v) is 8.05. The highest BCUT2D eigenvalue weighted by molar-refractivity contribution is 9.10. The van der Waals surface area contributed by atoms with Gasteiger partial charge in [0.25, 0.3) is 0 Å². The van der Waals surface area contributed by atoms with E-state index in [1.54, 1.807) is 6.07 Å². The van der Waals surface area contributed by atoms with Crippen molar-refractivity contribution in [3.05, 3.63) is 75.5 Å². The third-order valence-electron chi connectivity index (χ3n) is 5.22. The minimum absolute atomic E-state index is 0.0197. The lowest BCUT2D eigenvalue weighted by atomic mass is 9.97. The van der Waals surface area contributed by atoms with E-state index in [-0.39, 0.29) is 17.3 Å². The number of halogens is 1. The van der Waals surface area contributed by atoms with Crippen molar-refractivity contribution in [1.82, 2.24) is 9.47 Å². The van der Waals surface area contributed by atoms with E-state index in [2.05, 4.69) is 30.7 Å². The van der Waals surface area contributed by atoms with Crippen LogP contribution in [0.4, 0.5) is 5.69 Å². The molecule has 6 heteroatoms. The zero-order valence-corrected chi connectivity index (χ0v) is 17.1. The number of piperidine rings is 1. The van der Waals surface area contributed by atoms with Crippen molar-refractivity contribution in [2.45, 2.75) is 19.5 Å². The van der Waals surface area contributed by atoms with Gasteiger partial charge in [0.1, 0.15) is 0 Å². The monoisotopic (exact) mass is 439 g/mol. The summed E-state index contributed by atoms with van der Waals surface area (Å²) in [6.45, 7) is 2.29. The number of nitrogens with zero attached hydrogens (tertiary/aromatic N) is 2. The molecule has 5 nitrogen and oxygen atoms in total. The predicted molar refractivity (Wildman–Crippen MR) is 115 cm³/mol. The van der Waals surface area contributed by atoms with Gasteiger partial charge in [-0.25, -0.2) is 0 Å². The van der Waals surface area contributed by atoms with E-state index in [0.717, 1.165) is 35.1 Å². The van der Waals surface area contributed by atoms with Crippen LogP contribution >= 0.6 is 15.9 Å². The minimum Gasteiger partial charge on any atom is -0.333 e. The Kier molecular flexibility index (Phi) is 5.59. The first-order valence-electron chi connectivity index (χ1n) is 9.48. The normalized spacial score (nSPS) is 17.5. The summed E-state index contributed by atoms with van der Waals surface area (Å²) in [6, 6.07) is 16.9. The van der Waals surface area contributed by atoms with Gasteiger partial charge in [0.05, 0.1) is 18.1 Å². The number of carbonyl (C=O) groups excluding carboxylic acids is 1. The molecule has 1 atom stereocenters. The first-order valence-corrected chi connectivity index (χ1v) is 10.3. The molecule has 2 aromatic carbocycles. The number of rotatable bonds is 4. The van der Waals surface area contributed by atoms with Crippen LogP contribution in [0.15, 0.2) is 70.1 Å². The summed E-state index contributed by atoms with van der Waals surface area (Å²) in [6.07, 6.45) is 3.71. The Labute approximate surface area is 172 Å². The van der Waals surface area contributed by atoms with E-state index in [4.69, 9.17) is 0 Å². The van der Waals surface area contributed by atoms with Crippen LogP contribution in [0.1, 0.15) is 12.8 Å². The second kappa shape index (κ2) is 8.29. The van der Waals surface area contributed by atoms with Crippen LogP contribution in [-0.4, -0.2) is 28.5 Å². The molecule has 3 aromatic rings. The predicted octanol–water partition coefficient (Wildman–Crippen LogP) is 4.07. The second-order valence-electron chi connectivity index (χ2n) is 7.20. The summed E-state index contributed by atoms with van der Waals surface area (Å²) in [5, 5.41) is 3.72. The van der Waals surface area contributed by atoms with Gasteiger partial charge in [0, 0.05) is 34.4 Å². The minimum atomic E-state index is -0.0388. The Morgan fingerprint density at radius 3 is 2.75 bits per heavy atom. The maximum atomic E-state index is 12.7. The van der Waals surface area contributed by atoms with E-state index in [1.807, 2.05) is 54.7 Å². The number of carbonyl (C=O) groups is 1. The van der Waals surface area contributed by atoms with Crippen molar-refractivity contribution in [2.75, 3.05) is 18.4 Å². The molecular formula is C22H22BrN3O2. The van der Waals surface area contributed by atoms with Crippen molar-refractivity contribution in [2.24, 2.45) is 5.92 Å². The number of fused-ring (bicyclic) bond motifs is 1. The number of benzene rings is 2. The van der Waals surface area contributed by atoms with Gasteiger partial charge in [-0.05, 0) is 59.6 Å². The Morgan fingerprint density at radius 2 is 1.93 bits per heavy atom. The first-order chi connectivity index (χ1) is 13.6. The van der Waals surface area contributed by atoms with Gasteiger partial charge >= 0.3 is 0 Å². The average molecular weight is 440 g/mol. The van der Waals surface area contributed by atoms with E-state index in [9.17, 15) is 9.59 Å². The smallest absolute Gasteiger partial charge is 0.228 e. The summed E-state index contributed by atoms with van der Waals surface area (Å²) in [5.41, 5.74) is 1.75. The molecule has 1 aromatic heterocycles. The van der Waals surface area contributed by atoms with Crippen molar-refractivity contribution in [3.8, 4) is 0 Å². The molecule has 1 aliphatic rings. The fourth-order valence-electron chi connectivity index (χ4n) is 3.83. The van der Waals surface area contributed by atoms with Gasteiger partial charge in [0.2, 0.25) is 5.91 Å². The third kappa shape index (κ3) is 4.03. The molecule has 1 amide bonds.